The zero-order valence-electron chi connectivity index (χ0n) is 17.0. The molecular formula is C24H24Cl2N2O2. The van der Waals surface area contributed by atoms with Gasteiger partial charge in [0.05, 0.1) is 19.4 Å². The van der Waals surface area contributed by atoms with Crippen LogP contribution in [0, 0.1) is 6.92 Å². The van der Waals surface area contributed by atoms with Gasteiger partial charge in [0.1, 0.15) is 6.61 Å². The zero-order valence-corrected chi connectivity index (χ0v) is 18.5. The first-order valence-corrected chi connectivity index (χ1v) is 10.5. The van der Waals surface area contributed by atoms with Gasteiger partial charge >= 0.3 is 0 Å². The summed E-state index contributed by atoms with van der Waals surface area (Å²) in [6, 6.07) is 19.4. The molecule has 0 saturated carbocycles. The highest BCUT2D eigenvalue weighted by Gasteiger charge is 2.07. The molecule has 3 aromatic carbocycles. The highest BCUT2D eigenvalue weighted by Crippen LogP contribution is 2.29. The van der Waals surface area contributed by atoms with E-state index < -0.39 is 0 Å². The third-order valence-electron chi connectivity index (χ3n) is 4.40. The molecule has 0 aliphatic heterocycles. The molecule has 0 aliphatic carbocycles. The van der Waals surface area contributed by atoms with Crippen molar-refractivity contribution in [3.63, 3.8) is 0 Å². The van der Waals surface area contributed by atoms with E-state index in [1.165, 1.54) is 5.56 Å². The second-order valence-corrected chi connectivity index (χ2v) is 7.52. The van der Waals surface area contributed by atoms with Crippen molar-refractivity contribution in [1.29, 1.82) is 0 Å². The fraction of sp³-hybridized carbons (Fsp3) is 0.208. The van der Waals surface area contributed by atoms with Crippen LogP contribution in [0.2, 0.25) is 10.0 Å². The van der Waals surface area contributed by atoms with E-state index in [0.29, 0.717) is 41.3 Å². The second kappa shape index (κ2) is 10.9. The molecule has 3 rings (SSSR count). The van der Waals surface area contributed by atoms with Crippen molar-refractivity contribution < 1.29 is 9.47 Å². The molecule has 0 aliphatic rings. The highest BCUT2D eigenvalue weighted by molar-refractivity contribution is 6.35. The molecule has 0 bridgehead atoms. The van der Waals surface area contributed by atoms with E-state index in [-0.39, 0.29) is 0 Å². The number of nitrogens with zero attached hydrogens (tertiary/aromatic N) is 1. The predicted molar refractivity (Wildman–Crippen MR) is 124 cm³/mol. The van der Waals surface area contributed by atoms with Crippen LogP contribution in [0.4, 0.5) is 0 Å². The third kappa shape index (κ3) is 6.15. The van der Waals surface area contributed by atoms with E-state index in [2.05, 4.69) is 41.7 Å². The van der Waals surface area contributed by atoms with Crippen LogP contribution in [0.15, 0.2) is 65.8 Å². The molecule has 0 saturated heterocycles. The van der Waals surface area contributed by atoms with Crippen LogP contribution < -0.4 is 14.9 Å². The smallest absolute Gasteiger partial charge is 0.161 e. The number of aryl methyl sites for hydroxylation is 1. The Kier molecular flexibility index (Phi) is 8.00. The maximum atomic E-state index is 6.17. The Morgan fingerprint density at radius 2 is 1.67 bits per heavy atom. The molecule has 0 atom stereocenters. The summed E-state index contributed by atoms with van der Waals surface area (Å²) >= 11 is 12.3. The standard InChI is InChI=1S/C24H24Cl2N2O2/c1-3-29-24-13-19(14-27-28-15-20-21(25)5-4-6-22(20)26)11-12-23(24)30-16-18-9-7-17(2)8-10-18/h4-14,28H,3,15-16H2,1-2H3/b27-14-. The van der Waals surface area contributed by atoms with Gasteiger partial charge < -0.3 is 14.9 Å². The summed E-state index contributed by atoms with van der Waals surface area (Å²) in [5, 5.41) is 5.48. The molecule has 0 amide bonds. The van der Waals surface area contributed by atoms with Gasteiger partial charge in [0.25, 0.3) is 0 Å². The Morgan fingerprint density at radius 1 is 0.933 bits per heavy atom. The lowest BCUT2D eigenvalue weighted by Gasteiger charge is -2.13. The zero-order chi connectivity index (χ0) is 21.3. The van der Waals surface area contributed by atoms with Crippen LogP contribution in [0.3, 0.4) is 0 Å². The van der Waals surface area contributed by atoms with Crippen LogP contribution in [-0.4, -0.2) is 12.8 Å². The summed E-state index contributed by atoms with van der Waals surface area (Å²) in [5.41, 5.74) is 7.01. The monoisotopic (exact) mass is 442 g/mol. The quantitative estimate of drug-likeness (QED) is 0.307. The SMILES string of the molecule is CCOc1cc(/C=N\NCc2c(Cl)cccc2Cl)ccc1OCc1ccc(C)cc1. The molecular weight excluding hydrogens is 419 g/mol. The summed E-state index contributed by atoms with van der Waals surface area (Å²) in [7, 11) is 0. The Hall–Kier alpha value is -2.69. The molecule has 4 nitrogen and oxygen atoms in total. The molecule has 0 heterocycles. The van der Waals surface area contributed by atoms with Crippen molar-refractivity contribution >= 4 is 29.4 Å². The number of hydrogen-bond acceptors (Lipinski definition) is 4. The van der Waals surface area contributed by atoms with E-state index in [0.717, 1.165) is 16.7 Å². The minimum absolute atomic E-state index is 0.436. The molecule has 1 N–H and O–H groups in total. The molecule has 0 aromatic heterocycles. The van der Waals surface area contributed by atoms with Crippen molar-refractivity contribution in [3.05, 3.63) is 93.0 Å². The molecule has 0 radical (unpaired) electrons. The minimum atomic E-state index is 0.436. The fourth-order valence-corrected chi connectivity index (χ4v) is 3.32. The van der Waals surface area contributed by atoms with Crippen LogP contribution in [-0.2, 0) is 13.2 Å². The van der Waals surface area contributed by atoms with Gasteiger partial charge in [0, 0.05) is 15.6 Å². The van der Waals surface area contributed by atoms with Crippen LogP contribution in [0.25, 0.3) is 0 Å². The maximum absolute atomic E-state index is 6.17. The van der Waals surface area contributed by atoms with Gasteiger partial charge in [-0.2, -0.15) is 5.10 Å². The van der Waals surface area contributed by atoms with Gasteiger partial charge in [-0.25, -0.2) is 0 Å². The number of halogens is 2. The fourth-order valence-electron chi connectivity index (χ4n) is 2.78. The highest BCUT2D eigenvalue weighted by atomic mass is 35.5. The first-order valence-electron chi connectivity index (χ1n) is 9.71. The van der Waals surface area contributed by atoms with E-state index in [1.54, 1.807) is 18.3 Å². The molecule has 0 spiro atoms. The Morgan fingerprint density at radius 3 is 2.37 bits per heavy atom. The number of benzene rings is 3. The first kappa shape index (κ1) is 22.0. The molecule has 30 heavy (non-hydrogen) atoms. The molecule has 3 aromatic rings. The van der Waals surface area contributed by atoms with Crippen LogP contribution >= 0.6 is 23.2 Å². The van der Waals surface area contributed by atoms with Crippen molar-refractivity contribution in [2.75, 3.05) is 6.61 Å². The molecule has 6 heteroatoms. The Labute approximate surface area is 187 Å². The summed E-state index contributed by atoms with van der Waals surface area (Å²) in [5.74, 6) is 1.38. The van der Waals surface area contributed by atoms with Gasteiger partial charge in [0.15, 0.2) is 11.5 Å². The van der Waals surface area contributed by atoms with Crippen molar-refractivity contribution in [3.8, 4) is 11.5 Å². The number of hydrogen-bond donors (Lipinski definition) is 1. The topological polar surface area (TPSA) is 42.8 Å². The van der Waals surface area contributed by atoms with Crippen molar-refractivity contribution in [2.45, 2.75) is 27.0 Å². The van der Waals surface area contributed by atoms with Crippen LogP contribution in [0.5, 0.6) is 11.5 Å². The second-order valence-electron chi connectivity index (χ2n) is 6.71. The van der Waals surface area contributed by atoms with Crippen molar-refractivity contribution in [1.82, 2.24) is 5.43 Å². The lowest BCUT2D eigenvalue weighted by molar-refractivity contribution is 0.269. The minimum Gasteiger partial charge on any atom is -0.490 e. The summed E-state index contributed by atoms with van der Waals surface area (Å²) in [6.45, 7) is 5.47. The molecule has 0 unspecified atom stereocenters. The molecule has 156 valence electrons. The predicted octanol–water partition coefficient (Wildman–Crippen LogP) is 6.40. The number of rotatable bonds is 9. The van der Waals surface area contributed by atoms with Gasteiger partial charge in [-0.05, 0) is 55.3 Å². The Balaban J connectivity index is 1.63. The summed E-state index contributed by atoms with van der Waals surface area (Å²) in [6.07, 6.45) is 1.72. The summed E-state index contributed by atoms with van der Waals surface area (Å²) in [4.78, 5) is 0. The third-order valence-corrected chi connectivity index (χ3v) is 5.11. The van der Waals surface area contributed by atoms with Gasteiger partial charge in [0.2, 0.25) is 0 Å². The Bertz CT molecular complexity index is 984. The maximum Gasteiger partial charge on any atom is 0.161 e. The normalized spacial score (nSPS) is 10.9. The lowest BCUT2D eigenvalue weighted by Crippen LogP contribution is -2.07. The number of ether oxygens (including phenoxy) is 2. The van der Waals surface area contributed by atoms with Gasteiger partial charge in [-0.3, -0.25) is 0 Å². The lowest BCUT2D eigenvalue weighted by atomic mass is 10.2. The average Bonchev–Trinajstić information content (AvgIpc) is 2.73. The van der Waals surface area contributed by atoms with Gasteiger partial charge in [-0.15, -0.1) is 0 Å². The van der Waals surface area contributed by atoms with Gasteiger partial charge in [-0.1, -0.05) is 59.1 Å². The first-order chi connectivity index (χ1) is 14.6. The average molecular weight is 443 g/mol. The van der Waals surface area contributed by atoms with E-state index in [9.17, 15) is 0 Å². The van der Waals surface area contributed by atoms with Crippen LogP contribution in [0.1, 0.15) is 29.2 Å². The van der Waals surface area contributed by atoms with Crippen molar-refractivity contribution in [2.24, 2.45) is 5.10 Å². The molecule has 0 fully saturated rings. The largest absolute Gasteiger partial charge is 0.490 e. The van der Waals surface area contributed by atoms with E-state index in [4.69, 9.17) is 32.7 Å². The number of hydrazone groups is 1. The summed E-state index contributed by atoms with van der Waals surface area (Å²) < 4.78 is 11.7. The van der Waals surface area contributed by atoms with E-state index in [1.807, 2.05) is 31.2 Å². The number of nitrogens with one attached hydrogen (secondary N) is 1. The van der Waals surface area contributed by atoms with E-state index >= 15 is 0 Å².